The van der Waals surface area contributed by atoms with E-state index in [9.17, 15) is 0 Å². The summed E-state index contributed by atoms with van der Waals surface area (Å²) in [5, 5.41) is 0. The van der Waals surface area contributed by atoms with E-state index in [0.717, 1.165) is 19.6 Å². The molecule has 1 aliphatic heterocycles. The molecular formula is C13H21N3O. The number of piperidine rings is 1. The molecule has 1 aromatic heterocycles. The lowest BCUT2D eigenvalue weighted by Gasteiger charge is -2.31. The van der Waals surface area contributed by atoms with Crippen LogP contribution in [0, 0.1) is 5.92 Å². The molecule has 2 rings (SSSR count). The Kier molecular flexibility index (Phi) is 4.34. The molecule has 0 saturated carbocycles. The van der Waals surface area contributed by atoms with Gasteiger partial charge < -0.3 is 10.5 Å². The largest absolute Gasteiger partial charge is 0.481 e. The highest BCUT2D eigenvalue weighted by Gasteiger charge is 2.18. The molecule has 0 aliphatic carbocycles. The molecule has 1 aliphatic rings. The minimum absolute atomic E-state index is 0.662. The van der Waals surface area contributed by atoms with Crippen LogP contribution < -0.4 is 10.5 Å². The molecular weight excluding hydrogens is 214 g/mol. The molecule has 0 aromatic carbocycles. The Labute approximate surface area is 103 Å². The van der Waals surface area contributed by atoms with Gasteiger partial charge in [0.25, 0.3) is 0 Å². The first-order valence-corrected chi connectivity index (χ1v) is 6.23. The first kappa shape index (κ1) is 12.3. The zero-order valence-corrected chi connectivity index (χ0v) is 10.4. The number of nitrogens with zero attached hydrogens (tertiary/aromatic N) is 2. The quantitative estimate of drug-likeness (QED) is 0.853. The van der Waals surface area contributed by atoms with Gasteiger partial charge in [0.2, 0.25) is 5.88 Å². The third kappa shape index (κ3) is 3.41. The fourth-order valence-corrected chi connectivity index (χ4v) is 2.37. The third-order valence-electron chi connectivity index (χ3n) is 3.35. The number of pyridine rings is 1. The second-order valence-electron chi connectivity index (χ2n) is 4.69. The lowest BCUT2D eigenvalue weighted by atomic mass is 9.98. The van der Waals surface area contributed by atoms with Crippen LogP contribution in [0.2, 0.25) is 0 Å². The summed E-state index contributed by atoms with van der Waals surface area (Å²) in [6.07, 6.45) is 4.42. The maximum Gasteiger partial charge on any atom is 0.212 e. The molecule has 0 radical (unpaired) electrons. The van der Waals surface area contributed by atoms with E-state index in [1.807, 2.05) is 12.3 Å². The zero-order valence-electron chi connectivity index (χ0n) is 10.4. The van der Waals surface area contributed by atoms with Gasteiger partial charge in [0.15, 0.2) is 0 Å². The number of nitrogens with two attached hydrogens (primary N) is 1. The van der Waals surface area contributed by atoms with Crippen LogP contribution in [0.4, 0.5) is 0 Å². The van der Waals surface area contributed by atoms with Crippen molar-refractivity contribution in [2.75, 3.05) is 26.7 Å². The molecule has 1 fully saturated rings. The number of hydrogen-bond donors (Lipinski definition) is 1. The molecule has 17 heavy (non-hydrogen) atoms. The first-order chi connectivity index (χ1) is 8.31. The fourth-order valence-electron chi connectivity index (χ4n) is 2.37. The van der Waals surface area contributed by atoms with Crippen molar-refractivity contribution in [1.29, 1.82) is 0 Å². The summed E-state index contributed by atoms with van der Waals surface area (Å²) < 4.78 is 5.05. The van der Waals surface area contributed by atoms with E-state index in [1.54, 1.807) is 7.11 Å². The van der Waals surface area contributed by atoms with Gasteiger partial charge in [-0.15, -0.1) is 0 Å². The van der Waals surface area contributed by atoms with Crippen molar-refractivity contribution >= 4 is 0 Å². The van der Waals surface area contributed by atoms with Crippen LogP contribution in [-0.4, -0.2) is 36.6 Å². The molecule has 0 amide bonds. The monoisotopic (exact) mass is 235 g/mol. The fraction of sp³-hybridized carbons (Fsp3) is 0.615. The average Bonchev–Trinajstić information content (AvgIpc) is 2.40. The van der Waals surface area contributed by atoms with Gasteiger partial charge in [-0.25, -0.2) is 4.98 Å². The SMILES string of the molecule is COc1ccc(CN2CCCC(CN)C2)cn1. The van der Waals surface area contributed by atoms with Gasteiger partial charge in [0.1, 0.15) is 0 Å². The second kappa shape index (κ2) is 5.98. The summed E-state index contributed by atoms with van der Waals surface area (Å²) in [5.74, 6) is 1.34. The zero-order chi connectivity index (χ0) is 12.1. The molecule has 1 saturated heterocycles. The normalized spacial score (nSPS) is 21.4. The van der Waals surface area contributed by atoms with Gasteiger partial charge in [-0.3, -0.25) is 4.90 Å². The Bertz CT molecular complexity index is 339. The van der Waals surface area contributed by atoms with Crippen LogP contribution >= 0.6 is 0 Å². The van der Waals surface area contributed by atoms with Gasteiger partial charge in [0.05, 0.1) is 7.11 Å². The molecule has 2 N–H and O–H groups in total. The van der Waals surface area contributed by atoms with Crippen molar-refractivity contribution in [3.8, 4) is 5.88 Å². The summed E-state index contributed by atoms with van der Waals surface area (Å²) in [4.78, 5) is 6.69. The Morgan fingerprint density at radius 1 is 1.53 bits per heavy atom. The van der Waals surface area contributed by atoms with Crippen molar-refractivity contribution in [3.63, 3.8) is 0 Å². The van der Waals surface area contributed by atoms with Crippen LogP contribution in [0.3, 0.4) is 0 Å². The lowest BCUT2D eigenvalue weighted by Crippen LogP contribution is -2.37. The van der Waals surface area contributed by atoms with Gasteiger partial charge in [-0.1, -0.05) is 6.07 Å². The minimum atomic E-state index is 0.662. The molecule has 1 aromatic rings. The topological polar surface area (TPSA) is 51.4 Å². The Hall–Kier alpha value is -1.13. The van der Waals surface area contributed by atoms with E-state index in [4.69, 9.17) is 10.5 Å². The van der Waals surface area contributed by atoms with E-state index in [-0.39, 0.29) is 0 Å². The van der Waals surface area contributed by atoms with Crippen molar-refractivity contribution < 1.29 is 4.74 Å². The Morgan fingerprint density at radius 2 is 2.41 bits per heavy atom. The summed E-state index contributed by atoms with van der Waals surface area (Å²) in [6.45, 7) is 4.05. The highest BCUT2D eigenvalue weighted by molar-refractivity contribution is 5.17. The van der Waals surface area contributed by atoms with Crippen molar-refractivity contribution in [3.05, 3.63) is 23.9 Å². The van der Waals surface area contributed by atoms with Crippen LogP contribution in [0.25, 0.3) is 0 Å². The molecule has 0 bridgehead atoms. The summed E-state index contributed by atoms with van der Waals surface area (Å²) in [6, 6.07) is 4.00. The third-order valence-corrected chi connectivity index (χ3v) is 3.35. The minimum Gasteiger partial charge on any atom is -0.481 e. The van der Waals surface area contributed by atoms with Crippen LogP contribution in [0.1, 0.15) is 18.4 Å². The number of likely N-dealkylation sites (tertiary alicyclic amines) is 1. The number of ether oxygens (including phenoxy) is 1. The van der Waals surface area contributed by atoms with Crippen molar-refractivity contribution in [2.24, 2.45) is 11.7 Å². The van der Waals surface area contributed by atoms with E-state index in [2.05, 4.69) is 16.0 Å². The molecule has 1 atom stereocenters. The average molecular weight is 235 g/mol. The summed E-state index contributed by atoms with van der Waals surface area (Å²) in [7, 11) is 1.64. The first-order valence-electron chi connectivity index (χ1n) is 6.23. The number of methoxy groups -OCH3 is 1. The van der Waals surface area contributed by atoms with Crippen LogP contribution in [0.15, 0.2) is 18.3 Å². The van der Waals surface area contributed by atoms with E-state index in [0.29, 0.717) is 11.8 Å². The van der Waals surface area contributed by atoms with Crippen molar-refractivity contribution in [1.82, 2.24) is 9.88 Å². The molecule has 0 spiro atoms. The van der Waals surface area contributed by atoms with Gasteiger partial charge in [-0.05, 0) is 37.4 Å². The maximum atomic E-state index is 5.74. The van der Waals surface area contributed by atoms with Crippen LogP contribution in [-0.2, 0) is 6.54 Å². The highest BCUT2D eigenvalue weighted by atomic mass is 16.5. The highest BCUT2D eigenvalue weighted by Crippen LogP contribution is 2.18. The van der Waals surface area contributed by atoms with Crippen LogP contribution in [0.5, 0.6) is 5.88 Å². The Morgan fingerprint density at radius 3 is 3.06 bits per heavy atom. The molecule has 94 valence electrons. The van der Waals surface area contributed by atoms with Gasteiger partial charge in [0, 0.05) is 25.4 Å². The van der Waals surface area contributed by atoms with Gasteiger partial charge >= 0.3 is 0 Å². The smallest absolute Gasteiger partial charge is 0.212 e. The maximum absolute atomic E-state index is 5.74. The standard InChI is InChI=1S/C13H21N3O/c1-17-13-5-4-12(8-15-13)10-16-6-2-3-11(7-14)9-16/h4-5,8,11H,2-3,6-7,9-10,14H2,1H3. The molecule has 1 unspecified atom stereocenters. The second-order valence-corrected chi connectivity index (χ2v) is 4.69. The molecule has 2 heterocycles. The van der Waals surface area contributed by atoms with Crippen molar-refractivity contribution in [2.45, 2.75) is 19.4 Å². The summed E-state index contributed by atoms with van der Waals surface area (Å²) >= 11 is 0. The van der Waals surface area contributed by atoms with E-state index < -0.39 is 0 Å². The van der Waals surface area contributed by atoms with Gasteiger partial charge in [-0.2, -0.15) is 0 Å². The Balaban J connectivity index is 1.90. The van der Waals surface area contributed by atoms with E-state index in [1.165, 1.54) is 24.9 Å². The summed E-state index contributed by atoms with van der Waals surface area (Å²) in [5.41, 5.74) is 6.98. The number of hydrogen-bond acceptors (Lipinski definition) is 4. The predicted molar refractivity (Wildman–Crippen MR) is 67.8 cm³/mol. The lowest BCUT2D eigenvalue weighted by molar-refractivity contribution is 0.171. The predicted octanol–water partition coefficient (Wildman–Crippen LogP) is 1.26. The molecule has 4 heteroatoms. The number of aromatic nitrogens is 1. The van der Waals surface area contributed by atoms with E-state index >= 15 is 0 Å². The number of rotatable bonds is 4. The molecule has 4 nitrogen and oxygen atoms in total.